The van der Waals surface area contributed by atoms with Gasteiger partial charge in [0.1, 0.15) is 11.6 Å². The molecule has 1 aliphatic rings. The maximum absolute atomic E-state index is 12.9. The van der Waals surface area contributed by atoms with Gasteiger partial charge in [0.2, 0.25) is 11.8 Å². The number of aryl methyl sites for hydroxylation is 1. The second kappa shape index (κ2) is 8.59. The van der Waals surface area contributed by atoms with E-state index < -0.39 is 0 Å². The zero-order chi connectivity index (χ0) is 19.2. The van der Waals surface area contributed by atoms with Gasteiger partial charge in [0.05, 0.1) is 6.54 Å². The van der Waals surface area contributed by atoms with Crippen LogP contribution in [0.25, 0.3) is 6.08 Å². The topological polar surface area (TPSA) is 78.7 Å². The molecule has 1 N–H and O–H groups in total. The molecule has 1 fully saturated rings. The Labute approximate surface area is 156 Å². The highest BCUT2D eigenvalue weighted by atomic mass is 19.1. The number of piperazine rings is 1. The zero-order valence-corrected chi connectivity index (χ0v) is 15.0. The summed E-state index contributed by atoms with van der Waals surface area (Å²) in [6, 6.07) is 7.60. The van der Waals surface area contributed by atoms with Crippen LogP contribution in [-0.2, 0) is 9.59 Å². The maximum atomic E-state index is 12.9. The standard InChI is InChI=1S/C19H21FN4O3/c1-14-12-17(22-27-14)21-18(25)13-23-8-10-24(11-9-23)19(26)7-4-15-2-5-16(20)6-3-15/h2-7,12H,8-11,13H2,1H3,(H,21,22,25)/b7-4+. The summed E-state index contributed by atoms with van der Waals surface area (Å²) in [5.74, 6) is 0.460. The van der Waals surface area contributed by atoms with Gasteiger partial charge in [0.25, 0.3) is 0 Å². The quantitative estimate of drug-likeness (QED) is 0.812. The molecule has 0 unspecified atom stereocenters. The van der Waals surface area contributed by atoms with E-state index >= 15 is 0 Å². The molecule has 0 aliphatic carbocycles. The number of hydrogen-bond donors (Lipinski definition) is 1. The van der Waals surface area contributed by atoms with Crippen molar-refractivity contribution in [2.45, 2.75) is 6.92 Å². The molecule has 0 atom stereocenters. The predicted molar refractivity (Wildman–Crippen MR) is 98.3 cm³/mol. The molecule has 1 saturated heterocycles. The van der Waals surface area contributed by atoms with Gasteiger partial charge >= 0.3 is 0 Å². The highest BCUT2D eigenvalue weighted by molar-refractivity contribution is 5.92. The van der Waals surface area contributed by atoms with Crippen LogP contribution in [0.2, 0.25) is 0 Å². The summed E-state index contributed by atoms with van der Waals surface area (Å²) >= 11 is 0. The first-order chi connectivity index (χ1) is 13.0. The van der Waals surface area contributed by atoms with Crippen LogP contribution >= 0.6 is 0 Å². The van der Waals surface area contributed by atoms with E-state index in [1.54, 1.807) is 36.1 Å². The van der Waals surface area contributed by atoms with E-state index in [0.717, 1.165) is 5.56 Å². The highest BCUT2D eigenvalue weighted by Crippen LogP contribution is 2.09. The molecule has 2 heterocycles. The molecular formula is C19H21FN4O3. The second-order valence-corrected chi connectivity index (χ2v) is 6.36. The van der Waals surface area contributed by atoms with Crippen LogP contribution in [0.15, 0.2) is 40.9 Å². The van der Waals surface area contributed by atoms with E-state index in [9.17, 15) is 14.0 Å². The Kier molecular flexibility index (Phi) is 5.97. The zero-order valence-electron chi connectivity index (χ0n) is 15.0. The third-order valence-corrected chi connectivity index (χ3v) is 4.23. The first-order valence-electron chi connectivity index (χ1n) is 8.68. The van der Waals surface area contributed by atoms with Gasteiger partial charge in [-0.3, -0.25) is 14.5 Å². The number of rotatable bonds is 5. The van der Waals surface area contributed by atoms with Crippen molar-refractivity contribution in [3.63, 3.8) is 0 Å². The molecule has 2 aromatic rings. The molecule has 7 nitrogen and oxygen atoms in total. The molecule has 0 bridgehead atoms. The Morgan fingerprint density at radius 2 is 1.93 bits per heavy atom. The number of nitrogens with one attached hydrogen (secondary N) is 1. The Hall–Kier alpha value is -3.00. The number of amides is 2. The molecular weight excluding hydrogens is 351 g/mol. The first kappa shape index (κ1) is 18.8. The minimum Gasteiger partial charge on any atom is -0.360 e. The Balaban J connectivity index is 1.43. The maximum Gasteiger partial charge on any atom is 0.246 e. The van der Waals surface area contributed by atoms with E-state index in [4.69, 9.17) is 4.52 Å². The van der Waals surface area contributed by atoms with Crippen molar-refractivity contribution < 1.29 is 18.5 Å². The van der Waals surface area contributed by atoms with Gasteiger partial charge in [0, 0.05) is 38.3 Å². The van der Waals surface area contributed by atoms with E-state index in [1.165, 1.54) is 18.2 Å². The lowest BCUT2D eigenvalue weighted by Gasteiger charge is -2.33. The van der Waals surface area contributed by atoms with Crippen LogP contribution in [0.4, 0.5) is 10.2 Å². The van der Waals surface area contributed by atoms with E-state index in [1.807, 2.05) is 4.90 Å². The lowest BCUT2D eigenvalue weighted by molar-refractivity contribution is -0.127. The highest BCUT2D eigenvalue weighted by Gasteiger charge is 2.21. The number of nitrogens with zero attached hydrogens (tertiary/aromatic N) is 3. The molecule has 2 amide bonds. The minimum atomic E-state index is -0.308. The summed E-state index contributed by atoms with van der Waals surface area (Å²) in [5.41, 5.74) is 0.767. The van der Waals surface area contributed by atoms with Crippen LogP contribution in [0, 0.1) is 12.7 Å². The van der Waals surface area contributed by atoms with Gasteiger partial charge in [-0.05, 0) is 30.7 Å². The molecule has 1 aromatic carbocycles. The van der Waals surface area contributed by atoms with Gasteiger partial charge in [-0.2, -0.15) is 0 Å². The smallest absolute Gasteiger partial charge is 0.246 e. The van der Waals surface area contributed by atoms with E-state index in [2.05, 4.69) is 10.5 Å². The Morgan fingerprint density at radius 3 is 2.56 bits per heavy atom. The normalized spacial score (nSPS) is 15.3. The van der Waals surface area contributed by atoms with Crippen molar-refractivity contribution >= 4 is 23.7 Å². The van der Waals surface area contributed by atoms with Gasteiger partial charge in [-0.25, -0.2) is 4.39 Å². The summed E-state index contributed by atoms with van der Waals surface area (Å²) < 4.78 is 17.8. The fraction of sp³-hybridized carbons (Fsp3) is 0.316. The third-order valence-electron chi connectivity index (χ3n) is 4.23. The van der Waals surface area contributed by atoms with Crippen molar-refractivity contribution in [1.29, 1.82) is 0 Å². The van der Waals surface area contributed by atoms with Crippen molar-refractivity contribution in [3.8, 4) is 0 Å². The van der Waals surface area contributed by atoms with Crippen LogP contribution in [0.1, 0.15) is 11.3 Å². The fourth-order valence-corrected chi connectivity index (χ4v) is 2.78. The monoisotopic (exact) mass is 372 g/mol. The molecule has 8 heteroatoms. The van der Waals surface area contributed by atoms with Gasteiger partial charge in [0.15, 0.2) is 5.82 Å². The minimum absolute atomic E-state index is 0.0958. The molecule has 1 aliphatic heterocycles. The van der Waals surface area contributed by atoms with Crippen molar-refractivity contribution in [3.05, 3.63) is 53.5 Å². The SMILES string of the molecule is Cc1cc(NC(=O)CN2CCN(C(=O)/C=C/c3ccc(F)cc3)CC2)no1. The lowest BCUT2D eigenvalue weighted by atomic mass is 10.2. The molecule has 3 rings (SSSR count). The number of halogens is 1. The number of aromatic nitrogens is 1. The Bertz CT molecular complexity index is 824. The van der Waals surface area contributed by atoms with Crippen LogP contribution in [-0.4, -0.2) is 59.5 Å². The molecule has 1 aromatic heterocycles. The predicted octanol–water partition coefficient (Wildman–Crippen LogP) is 1.92. The third kappa shape index (κ3) is 5.49. The number of carbonyl (C=O) groups is 2. The van der Waals surface area contributed by atoms with Crippen LogP contribution in [0.5, 0.6) is 0 Å². The molecule has 0 radical (unpaired) electrons. The summed E-state index contributed by atoms with van der Waals surface area (Å²) in [4.78, 5) is 28.0. The number of hydrogen-bond acceptors (Lipinski definition) is 5. The molecule has 0 spiro atoms. The van der Waals surface area contributed by atoms with E-state index in [0.29, 0.717) is 37.8 Å². The van der Waals surface area contributed by atoms with Gasteiger partial charge in [-0.1, -0.05) is 17.3 Å². The van der Waals surface area contributed by atoms with Crippen molar-refractivity contribution in [2.24, 2.45) is 0 Å². The van der Waals surface area contributed by atoms with Gasteiger partial charge < -0.3 is 14.7 Å². The van der Waals surface area contributed by atoms with Crippen LogP contribution in [0.3, 0.4) is 0 Å². The average Bonchev–Trinajstić information content (AvgIpc) is 3.06. The fourth-order valence-electron chi connectivity index (χ4n) is 2.78. The molecule has 142 valence electrons. The van der Waals surface area contributed by atoms with Gasteiger partial charge in [-0.15, -0.1) is 0 Å². The molecule has 0 saturated carbocycles. The second-order valence-electron chi connectivity index (χ2n) is 6.36. The summed E-state index contributed by atoms with van der Waals surface area (Å²) in [5, 5.41) is 6.41. The summed E-state index contributed by atoms with van der Waals surface area (Å²) in [6.07, 6.45) is 3.16. The van der Waals surface area contributed by atoms with Crippen molar-refractivity contribution in [2.75, 3.05) is 38.0 Å². The average molecular weight is 372 g/mol. The van der Waals surface area contributed by atoms with Crippen LogP contribution < -0.4 is 5.32 Å². The number of carbonyl (C=O) groups excluding carboxylic acids is 2. The summed E-state index contributed by atoms with van der Waals surface area (Å²) in [7, 11) is 0. The first-order valence-corrected chi connectivity index (χ1v) is 8.68. The van der Waals surface area contributed by atoms with E-state index in [-0.39, 0.29) is 24.2 Å². The lowest BCUT2D eigenvalue weighted by Crippen LogP contribution is -2.50. The number of benzene rings is 1. The molecule has 27 heavy (non-hydrogen) atoms. The van der Waals surface area contributed by atoms with Crippen molar-refractivity contribution in [1.82, 2.24) is 15.0 Å². The Morgan fingerprint density at radius 1 is 1.22 bits per heavy atom. The number of anilines is 1. The summed E-state index contributed by atoms with van der Waals surface area (Å²) in [6.45, 7) is 4.30. The largest absolute Gasteiger partial charge is 0.360 e.